The van der Waals surface area contributed by atoms with Crippen LogP contribution in [0.3, 0.4) is 0 Å². The molecule has 0 spiro atoms. The minimum Gasteiger partial charge on any atom is -0.385 e. The van der Waals surface area contributed by atoms with E-state index in [2.05, 4.69) is 10.4 Å². The SMILES string of the molecule is CCCc1nn(C2=CC=CNC2)cc1N(C(=O)CCSC)C(=O)CC(SC)C(F)(F)F. The smallest absolute Gasteiger partial charge is 0.385 e. The van der Waals surface area contributed by atoms with Crippen LogP contribution in [0.4, 0.5) is 18.9 Å². The summed E-state index contributed by atoms with van der Waals surface area (Å²) < 4.78 is 41.4. The van der Waals surface area contributed by atoms with Crippen molar-refractivity contribution in [3.05, 3.63) is 30.2 Å². The van der Waals surface area contributed by atoms with Crippen LogP contribution in [-0.4, -0.2) is 57.8 Å². The van der Waals surface area contributed by atoms with Gasteiger partial charge in [0.05, 0.1) is 29.8 Å². The van der Waals surface area contributed by atoms with Crippen LogP contribution < -0.4 is 10.2 Å². The van der Waals surface area contributed by atoms with Crippen molar-refractivity contribution in [1.29, 1.82) is 0 Å². The highest BCUT2D eigenvalue weighted by Crippen LogP contribution is 2.33. The fourth-order valence-corrected chi connectivity index (χ4v) is 4.00. The van der Waals surface area contributed by atoms with Crippen LogP contribution in [0, 0.1) is 0 Å². The first-order valence-electron chi connectivity index (χ1n) is 9.85. The highest BCUT2D eigenvalue weighted by atomic mass is 32.2. The molecule has 6 nitrogen and oxygen atoms in total. The number of allylic oxidation sites excluding steroid dienone is 2. The lowest BCUT2D eigenvalue weighted by Gasteiger charge is -2.24. The number of imide groups is 1. The highest BCUT2D eigenvalue weighted by molar-refractivity contribution is 7.99. The molecule has 0 radical (unpaired) electrons. The van der Waals surface area contributed by atoms with Gasteiger partial charge in [-0.15, -0.1) is 0 Å². The van der Waals surface area contributed by atoms with Gasteiger partial charge in [-0.2, -0.15) is 41.8 Å². The van der Waals surface area contributed by atoms with Gasteiger partial charge >= 0.3 is 6.18 Å². The zero-order valence-corrected chi connectivity index (χ0v) is 19.4. The fraction of sp³-hybridized carbons (Fsp3) is 0.550. The fourth-order valence-electron chi connectivity index (χ4n) is 3.05. The third-order valence-electron chi connectivity index (χ3n) is 4.61. The molecule has 1 aliphatic heterocycles. The summed E-state index contributed by atoms with van der Waals surface area (Å²) in [5.41, 5.74) is 1.57. The van der Waals surface area contributed by atoms with Gasteiger partial charge in [-0.3, -0.25) is 9.59 Å². The Balaban J connectivity index is 2.46. The Bertz CT molecular complexity index is 837. The number of halogens is 3. The van der Waals surface area contributed by atoms with Gasteiger partial charge in [-0.25, -0.2) is 9.58 Å². The van der Waals surface area contributed by atoms with Crippen LogP contribution in [0.2, 0.25) is 0 Å². The van der Waals surface area contributed by atoms with E-state index in [4.69, 9.17) is 0 Å². The molecular weight excluding hydrogens is 449 g/mol. The number of alkyl halides is 3. The van der Waals surface area contributed by atoms with E-state index in [1.54, 1.807) is 23.2 Å². The first kappa shape index (κ1) is 25.4. The number of carbonyl (C=O) groups excluding carboxylic acids is 2. The zero-order chi connectivity index (χ0) is 23.0. The Labute approximate surface area is 188 Å². The van der Waals surface area contributed by atoms with Gasteiger partial charge in [-0.05, 0) is 37.3 Å². The molecule has 1 aliphatic rings. The number of hydrogen-bond acceptors (Lipinski definition) is 6. The van der Waals surface area contributed by atoms with Crippen LogP contribution in [0.5, 0.6) is 0 Å². The molecule has 31 heavy (non-hydrogen) atoms. The maximum absolute atomic E-state index is 13.3. The Morgan fingerprint density at radius 1 is 1.32 bits per heavy atom. The van der Waals surface area contributed by atoms with Crippen LogP contribution in [0.25, 0.3) is 5.70 Å². The van der Waals surface area contributed by atoms with Crippen molar-refractivity contribution in [3.63, 3.8) is 0 Å². The quantitative estimate of drug-likeness (QED) is 0.549. The summed E-state index contributed by atoms with van der Waals surface area (Å²) in [7, 11) is 0. The largest absolute Gasteiger partial charge is 0.401 e. The minimum atomic E-state index is -4.54. The van der Waals surface area contributed by atoms with Crippen molar-refractivity contribution in [2.45, 2.75) is 44.0 Å². The lowest BCUT2D eigenvalue weighted by molar-refractivity contribution is -0.140. The van der Waals surface area contributed by atoms with Crippen molar-refractivity contribution in [3.8, 4) is 0 Å². The van der Waals surface area contributed by atoms with Crippen LogP contribution in [0.1, 0.15) is 31.9 Å². The lowest BCUT2D eigenvalue weighted by atomic mass is 10.2. The number of aromatic nitrogens is 2. The number of nitrogens with one attached hydrogen (secondary N) is 1. The molecule has 2 amide bonds. The second-order valence-electron chi connectivity index (χ2n) is 6.89. The normalized spacial score (nSPS) is 14.7. The Morgan fingerprint density at radius 3 is 2.61 bits per heavy atom. The molecule has 2 heterocycles. The van der Waals surface area contributed by atoms with Gasteiger partial charge in [0.25, 0.3) is 0 Å². The van der Waals surface area contributed by atoms with Crippen molar-refractivity contribution < 1.29 is 22.8 Å². The van der Waals surface area contributed by atoms with Crippen molar-refractivity contribution >= 4 is 46.7 Å². The highest BCUT2D eigenvalue weighted by Gasteiger charge is 2.42. The number of aryl methyl sites for hydroxylation is 1. The number of anilines is 1. The summed E-state index contributed by atoms with van der Waals surface area (Å²) in [6.07, 6.45) is 6.02. The summed E-state index contributed by atoms with van der Waals surface area (Å²) >= 11 is 1.99. The van der Waals surface area contributed by atoms with Crippen molar-refractivity contribution in [2.24, 2.45) is 0 Å². The first-order valence-corrected chi connectivity index (χ1v) is 12.5. The van der Waals surface area contributed by atoms with Gasteiger partial charge < -0.3 is 5.32 Å². The third-order valence-corrected chi connectivity index (χ3v) is 6.22. The topological polar surface area (TPSA) is 67.2 Å². The van der Waals surface area contributed by atoms with Gasteiger partial charge in [0.1, 0.15) is 5.25 Å². The monoisotopic (exact) mass is 476 g/mol. The summed E-state index contributed by atoms with van der Waals surface area (Å²) in [6, 6.07) is 0. The van der Waals surface area contributed by atoms with Crippen LogP contribution in [0.15, 0.2) is 24.5 Å². The van der Waals surface area contributed by atoms with Crippen LogP contribution in [-0.2, 0) is 16.0 Å². The second kappa shape index (κ2) is 11.7. The van der Waals surface area contributed by atoms with Crippen LogP contribution >= 0.6 is 23.5 Å². The molecule has 0 saturated heterocycles. The van der Waals surface area contributed by atoms with E-state index in [0.29, 0.717) is 42.6 Å². The van der Waals surface area contributed by atoms with Crippen molar-refractivity contribution in [2.75, 3.05) is 29.7 Å². The molecule has 1 atom stereocenters. The Morgan fingerprint density at radius 2 is 2.06 bits per heavy atom. The molecule has 172 valence electrons. The molecule has 1 aromatic rings. The number of rotatable bonds is 10. The molecule has 0 aromatic carbocycles. The number of nitrogens with zero attached hydrogens (tertiary/aromatic N) is 3. The zero-order valence-electron chi connectivity index (χ0n) is 17.7. The van der Waals surface area contributed by atoms with E-state index in [0.717, 1.165) is 10.6 Å². The summed E-state index contributed by atoms with van der Waals surface area (Å²) in [5.74, 6) is -0.922. The van der Waals surface area contributed by atoms with E-state index in [-0.39, 0.29) is 12.1 Å². The molecule has 0 bridgehead atoms. The van der Waals surface area contributed by atoms with Crippen molar-refractivity contribution in [1.82, 2.24) is 15.1 Å². The first-order chi connectivity index (χ1) is 14.7. The molecular formula is C20H27F3N4O2S2. The standard InChI is InChI=1S/C20H27F3N4O2S2/c1-4-6-15-16(13-26(25-15)14-7-5-9-24-12-14)27(18(28)8-10-30-2)19(29)11-17(31-3)20(21,22)23/h5,7,9,13,17,24H,4,6,8,10-12H2,1-3H3. The summed E-state index contributed by atoms with van der Waals surface area (Å²) in [6.45, 7) is 2.43. The van der Waals surface area contributed by atoms with E-state index in [1.165, 1.54) is 18.0 Å². The molecule has 11 heteroatoms. The number of amides is 2. The van der Waals surface area contributed by atoms with Gasteiger partial charge in [-0.1, -0.05) is 13.3 Å². The van der Waals surface area contributed by atoms with E-state index in [9.17, 15) is 22.8 Å². The molecule has 0 aliphatic carbocycles. The molecule has 1 unspecified atom stereocenters. The number of dihydropyridines is 1. The number of hydrogen-bond donors (Lipinski definition) is 1. The van der Waals surface area contributed by atoms with Gasteiger partial charge in [0, 0.05) is 18.6 Å². The maximum Gasteiger partial charge on any atom is 0.401 e. The molecule has 2 rings (SSSR count). The summed E-state index contributed by atoms with van der Waals surface area (Å²) in [5, 5.41) is 5.71. The average molecular weight is 477 g/mol. The predicted octanol–water partition coefficient (Wildman–Crippen LogP) is 4.09. The third kappa shape index (κ3) is 6.80. The second-order valence-corrected chi connectivity index (χ2v) is 8.92. The maximum atomic E-state index is 13.3. The molecule has 1 N–H and O–H groups in total. The molecule has 0 saturated carbocycles. The van der Waals surface area contributed by atoms with E-state index >= 15 is 0 Å². The van der Waals surface area contributed by atoms with Gasteiger partial charge in [0.15, 0.2) is 0 Å². The Hall–Kier alpha value is -1.88. The van der Waals surface area contributed by atoms with E-state index in [1.807, 2.05) is 19.3 Å². The summed E-state index contributed by atoms with van der Waals surface area (Å²) in [4.78, 5) is 26.9. The number of carbonyl (C=O) groups is 2. The van der Waals surface area contributed by atoms with E-state index < -0.39 is 29.7 Å². The molecule has 0 fully saturated rings. The number of thioether (sulfide) groups is 2. The van der Waals surface area contributed by atoms with Gasteiger partial charge in [0.2, 0.25) is 11.8 Å². The average Bonchev–Trinajstić information content (AvgIpc) is 3.14. The molecule has 1 aromatic heterocycles. The minimum absolute atomic E-state index is 0.0482. The Kier molecular flexibility index (Phi) is 9.54. The predicted molar refractivity (Wildman–Crippen MR) is 121 cm³/mol. The lowest BCUT2D eigenvalue weighted by Crippen LogP contribution is -2.41.